The Morgan fingerprint density at radius 2 is 1.94 bits per heavy atom. The Bertz CT molecular complexity index is 1120. The number of anilines is 4. The molecule has 3 aromatic rings. The standard InChI is InChI=1S/C23H26N6O2/c1-13-9-20(26-21-12-19(28-29-21)14-3-4-14)27-23(24-13)25-18-8-7-15-10-17(22(30)31-2)6-5-16(15)11-18/h7-9,11-12,14,17H,3-6,10H2,1-2H3,(H3,24,25,26,27,28,29). The van der Waals surface area contributed by atoms with E-state index < -0.39 is 0 Å². The minimum Gasteiger partial charge on any atom is -0.469 e. The fraction of sp³-hybridized carbons (Fsp3) is 0.391. The molecule has 160 valence electrons. The van der Waals surface area contributed by atoms with E-state index in [1.807, 2.05) is 25.1 Å². The molecule has 1 aromatic carbocycles. The van der Waals surface area contributed by atoms with Crippen LogP contribution in [0.1, 0.15) is 47.7 Å². The Morgan fingerprint density at radius 3 is 2.74 bits per heavy atom. The summed E-state index contributed by atoms with van der Waals surface area (Å²) in [6.45, 7) is 1.94. The van der Waals surface area contributed by atoms with E-state index >= 15 is 0 Å². The van der Waals surface area contributed by atoms with Crippen molar-refractivity contribution >= 4 is 29.2 Å². The molecule has 0 amide bonds. The Kier molecular flexibility index (Phi) is 5.05. The molecule has 0 bridgehead atoms. The molecule has 31 heavy (non-hydrogen) atoms. The fourth-order valence-corrected chi connectivity index (χ4v) is 4.15. The molecule has 3 N–H and O–H groups in total. The number of methoxy groups -OCH3 is 1. The lowest BCUT2D eigenvalue weighted by Crippen LogP contribution is -2.23. The smallest absolute Gasteiger partial charge is 0.309 e. The zero-order chi connectivity index (χ0) is 21.4. The Balaban J connectivity index is 1.30. The fourth-order valence-electron chi connectivity index (χ4n) is 4.15. The largest absolute Gasteiger partial charge is 0.469 e. The summed E-state index contributed by atoms with van der Waals surface area (Å²) in [5.41, 5.74) is 5.42. The molecule has 0 spiro atoms. The molecule has 1 unspecified atom stereocenters. The molecular formula is C23H26N6O2. The summed E-state index contributed by atoms with van der Waals surface area (Å²) in [5, 5.41) is 14.0. The van der Waals surface area contributed by atoms with Crippen LogP contribution in [0.3, 0.4) is 0 Å². The van der Waals surface area contributed by atoms with Gasteiger partial charge in [0.15, 0.2) is 5.82 Å². The summed E-state index contributed by atoms with van der Waals surface area (Å²) in [6, 6.07) is 10.2. The van der Waals surface area contributed by atoms with Gasteiger partial charge in [0.25, 0.3) is 0 Å². The second-order valence-corrected chi connectivity index (χ2v) is 8.40. The molecule has 0 aliphatic heterocycles. The van der Waals surface area contributed by atoms with Crippen LogP contribution in [0.25, 0.3) is 0 Å². The maximum absolute atomic E-state index is 11.9. The van der Waals surface area contributed by atoms with Gasteiger partial charge >= 0.3 is 5.97 Å². The predicted molar refractivity (Wildman–Crippen MR) is 118 cm³/mol. The van der Waals surface area contributed by atoms with E-state index in [0.29, 0.717) is 17.7 Å². The summed E-state index contributed by atoms with van der Waals surface area (Å²) >= 11 is 0. The molecule has 1 atom stereocenters. The number of carbonyl (C=O) groups is 1. The van der Waals surface area contributed by atoms with Crippen LogP contribution in [0.4, 0.5) is 23.3 Å². The van der Waals surface area contributed by atoms with Crippen LogP contribution in [0.15, 0.2) is 30.3 Å². The number of ether oxygens (including phenoxy) is 1. The normalized spacial score (nSPS) is 17.7. The second-order valence-electron chi connectivity index (χ2n) is 8.40. The third-order valence-electron chi connectivity index (χ3n) is 5.95. The highest BCUT2D eigenvalue weighted by Crippen LogP contribution is 2.39. The Morgan fingerprint density at radius 1 is 1.06 bits per heavy atom. The van der Waals surface area contributed by atoms with Crippen molar-refractivity contribution in [2.24, 2.45) is 5.92 Å². The first-order valence-electron chi connectivity index (χ1n) is 10.7. The molecule has 8 heteroatoms. The van der Waals surface area contributed by atoms with E-state index in [1.165, 1.54) is 36.8 Å². The highest BCUT2D eigenvalue weighted by Gasteiger charge is 2.26. The monoisotopic (exact) mass is 418 g/mol. The van der Waals surface area contributed by atoms with Crippen molar-refractivity contribution in [3.8, 4) is 0 Å². The maximum atomic E-state index is 11.9. The van der Waals surface area contributed by atoms with Crippen molar-refractivity contribution < 1.29 is 9.53 Å². The predicted octanol–water partition coefficient (Wildman–Crippen LogP) is 4.15. The van der Waals surface area contributed by atoms with Crippen LogP contribution in [0.5, 0.6) is 0 Å². The van der Waals surface area contributed by atoms with Crippen LogP contribution in [-0.4, -0.2) is 33.2 Å². The zero-order valence-corrected chi connectivity index (χ0v) is 17.7. The Labute approximate surface area is 180 Å². The van der Waals surface area contributed by atoms with Crippen molar-refractivity contribution in [1.82, 2.24) is 20.2 Å². The maximum Gasteiger partial charge on any atom is 0.309 e. The first-order chi connectivity index (χ1) is 15.1. The molecule has 0 radical (unpaired) electrons. The average molecular weight is 419 g/mol. The molecule has 2 aromatic heterocycles. The first kappa shape index (κ1) is 19.5. The number of benzene rings is 1. The number of aryl methyl sites for hydroxylation is 2. The Hall–Kier alpha value is -3.42. The van der Waals surface area contributed by atoms with E-state index in [9.17, 15) is 4.79 Å². The highest BCUT2D eigenvalue weighted by molar-refractivity contribution is 5.73. The van der Waals surface area contributed by atoms with Gasteiger partial charge in [-0.3, -0.25) is 9.89 Å². The van der Waals surface area contributed by atoms with Crippen LogP contribution in [-0.2, 0) is 22.4 Å². The number of fused-ring (bicyclic) bond motifs is 1. The van der Waals surface area contributed by atoms with Gasteiger partial charge in [-0.25, -0.2) is 4.98 Å². The molecule has 8 nitrogen and oxygen atoms in total. The van der Waals surface area contributed by atoms with Gasteiger partial charge in [0.2, 0.25) is 5.95 Å². The topological polar surface area (TPSA) is 105 Å². The van der Waals surface area contributed by atoms with Crippen molar-refractivity contribution in [1.29, 1.82) is 0 Å². The minimum absolute atomic E-state index is 0.0486. The summed E-state index contributed by atoms with van der Waals surface area (Å²) < 4.78 is 4.91. The van der Waals surface area contributed by atoms with E-state index in [1.54, 1.807) is 0 Å². The van der Waals surface area contributed by atoms with Crippen LogP contribution < -0.4 is 10.6 Å². The molecule has 2 aliphatic rings. The van der Waals surface area contributed by atoms with Crippen molar-refractivity contribution in [3.63, 3.8) is 0 Å². The molecule has 5 rings (SSSR count). The number of hydrogen-bond acceptors (Lipinski definition) is 7. The van der Waals surface area contributed by atoms with Gasteiger partial charge in [0, 0.05) is 35.1 Å². The lowest BCUT2D eigenvalue weighted by atomic mass is 9.84. The number of H-pyrrole nitrogens is 1. The van der Waals surface area contributed by atoms with Crippen molar-refractivity contribution in [2.75, 3.05) is 17.7 Å². The third-order valence-corrected chi connectivity index (χ3v) is 5.95. The number of rotatable bonds is 6. The summed E-state index contributed by atoms with van der Waals surface area (Å²) in [6.07, 6.45) is 4.85. The van der Waals surface area contributed by atoms with E-state index in [-0.39, 0.29) is 11.9 Å². The molecule has 1 saturated carbocycles. The molecule has 0 saturated heterocycles. The highest BCUT2D eigenvalue weighted by atomic mass is 16.5. The van der Waals surface area contributed by atoms with Gasteiger partial charge in [-0.05, 0) is 62.3 Å². The second kappa shape index (κ2) is 8.02. The number of nitrogens with zero attached hydrogens (tertiary/aromatic N) is 3. The van der Waals surface area contributed by atoms with Gasteiger partial charge in [-0.1, -0.05) is 6.07 Å². The number of aromatic amines is 1. The number of nitrogens with one attached hydrogen (secondary N) is 3. The molecule has 2 aliphatic carbocycles. The van der Waals surface area contributed by atoms with E-state index in [4.69, 9.17) is 4.74 Å². The third kappa shape index (κ3) is 4.38. The van der Waals surface area contributed by atoms with Gasteiger partial charge in [-0.15, -0.1) is 0 Å². The summed E-state index contributed by atoms with van der Waals surface area (Å²) in [5.74, 6) is 2.44. The zero-order valence-electron chi connectivity index (χ0n) is 17.7. The van der Waals surface area contributed by atoms with E-state index in [0.717, 1.165) is 36.5 Å². The SMILES string of the molecule is COC(=O)C1CCc2cc(Nc3nc(C)cc(Nc4cc(C5CC5)[nH]n4)n3)ccc2C1. The average Bonchev–Trinajstić information content (AvgIpc) is 3.51. The number of aromatic nitrogens is 4. The first-order valence-corrected chi connectivity index (χ1v) is 10.7. The van der Waals surface area contributed by atoms with Gasteiger partial charge < -0.3 is 15.4 Å². The lowest BCUT2D eigenvalue weighted by Gasteiger charge is -2.23. The van der Waals surface area contributed by atoms with Crippen molar-refractivity contribution in [3.05, 3.63) is 52.8 Å². The van der Waals surface area contributed by atoms with Crippen LogP contribution >= 0.6 is 0 Å². The number of esters is 1. The summed E-state index contributed by atoms with van der Waals surface area (Å²) in [7, 11) is 1.45. The molecule has 1 fully saturated rings. The van der Waals surface area contributed by atoms with Crippen molar-refractivity contribution in [2.45, 2.75) is 44.9 Å². The van der Waals surface area contributed by atoms with Crippen LogP contribution in [0, 0.1) is 12.8 Å². The van der Waals surface area contributed by atoms with Crippen LogP contribution in [0.2, 0.25) is 0 Å². The van der Waals surface area contributed by atoms with Gasteiger partial charge in [-0.2, -0.15) is 10.1 Å². The van der Waals surface area contributed by atoms with E-state index in [2.05, 4.69) is 42.9 Å². The molecular weight excluding hydrogens is 392 g/mol. The quantitative estimate of drug-likeness (QED) is 0.517. The van der Waals surface area contributed by atoms with Gasteiger partial charge in [0.1, 0.15) is 5.82 Å². The molecule has 2 heterocycles. The lowest BCUT2D eigenvalue weighted by molar-refractivity contribution is -0.145. The number of hydrogen-bond donors (Lipinski definition) is 3. The minimum atomic E-state index is -0.123. The number of carbonyl (C=O) groups excluding carboxylic acids is 1. The summed E-state index contributed by atoms with van der Waals surface area (Å²) in [4.78, 5) is 21.0. The van der Waals surface area contributed by atoms with Gasteiger partial charge in [0.05, 0.1) is 13.0 Å².